The number of anilines is 1. The first-order valence-electron chi connectivity index (χ1n) is 12.7. The molecule has 4 rings (SSSR count). The number of hydrogen-bond acceptors (Lipinski definition) is 6. The SMILES string of the molecule is C=CCN(C(=O)C1N(CCCCCO)C(=O)[C@@H]2[C@H](C(=O)OCC)[C@]3(C)CCC12O3)c1ccccc1Cl. The number of fused-ring (bicyclic) bond motifs is 1. The molecule has 0 aliphatic carbocycles. The summed E-state index contributed by atoms with van der Waals surface area (Å²) in [7, 11) is 0. The molecular formula is C27H35ClN2O6. The molecule has 36 heavy (non-hydrogen) atoms. The van der Waals surface area contributed by atoms with Crippen LogP contribution in [0.15, 0.2) is 36.9 Å². The van der Waals surface area contributed by atoms with Crippen molar-refractivity contribution in [3.63, 3.8) is 0 Å². The first kappa shape index (κ1) is 26.6. The van der Waals surface area contributed by atoms with Gasteiger partial charge >= 0.3 is 5.97 Å². The van der Waals surface area contributed by atoms with Crippen molar-refractivity contribution in [3.05, 3.63) is 41.9 Å². The summed E-state index contributed by atoms with van der Waals surface area (Å²) in [6.45, 7) is 8.18. The molecule has 0 radical (unpaired) electrons. The van der Waals surface area contributed by atoms with Crippen LogP contribution in [0.1, 0.15) is 46.0 Å². The zero-order valence-electron chi connectivity index (χ0n) is 21.0. The maximum atomic E-state index is 14.4. The number of ether oxygens (including phenoxy) is 2. The molecule has 196 valence electrons. The molecule has 3 saturated heterocycles. The molecule has 5 atom stereocenters. The van der Waals surface area contributed by atoms with E-state index in [1.165, 1.54) is 0 Å². The number of hydrogen-bond donors (Lipinski definition) is 1. The van der Waals surface area contributed by atoms with Crippen molar-refractivity contribution in [1.29, 1.82) is 0 Å². The van der Waals surface area contributed by atoms with Gasteiger partial charge in [-0.25, -0.2) is 0 Å². The third-order valence-corrected chi connectivity index (χ3v) is 8.15. The van der Waals surface area contributed by atoms with Gasteiger partial charge in [0.25, 0.3) is 5.91 Å². The number of carbonyl (C=O) groups excluding carboxylic acids is 3. The van der Waals surface area contributed by atoms with Gasteiger partial charge in [-0.3, -0.25) is 14.4 Å². The van der Waals surface area contributed by atoms with Gasteiger partial charge in [-0.15, -0.1) is 6.58 Å². The molecular weight excluding hydrogens is 484 g/mol. The highest BCUT2D eigenvalue weighted by atomic mass is 35.5. The maximum absolute atomic E-state index is 14.4. The molecule has 1 aromatic carbocycles. The van der Waals surface area contributed by atoms with E-state index < -0.39 is 35.0 Å². The summed E-state index contributed by atoms with van der Waals surface area (Å²) >= 11 is 6.47. The van der Waals surface area contributed by atoms with E-state index in [0.717, 1.165) is 0 Å². The topological polar surface area (TPSA) is 96.4 Å². The fraction of sp³-hybridized carbons (Fsp3) is 0.593. The Kier molecular flexibility index (Phi) is 7.78. The summed E-state index contributed by atoms with van der Waals surface area (Å²) in [5.41, 5.74) is -1.47. The number of aliphatic hydroxyl groups is 1. The summed E-state index contributed by atoms with van der Waals surface area (Å²) in [5.74, 6) is -2.59. The number of likely N-dealkylation sites (tertiary alicyclic amines) is 1. The number of unbranched alkanes of at least 4 members (excludes halogenated alkanes) is 2. The van der Waals surface area contributed by atoms with Crippen molar-refractivity contribution >= 4 is 35.1 Å². The molecule has 1 aromatic rings. The minimum Gasteiger partial charge on any atom is -0.466 e. The second-order valence-corrected chi connectivity index (χ2v) is 10.4. The van der Waals surface area contributed by atoms with E-state index in [4.69, 9.17) is 21.1 Å². The van der Waals surface area contributed by atoms with Gasteiger partial charge in [0, 0.05) is 19.7 Å². The van der Waals surface area contributed by atoms with Crippen molar-refractivity contribution in [2.45, 2.75) is 63.2 Å². The van der Waals surface area contributed by atoms with Crippen LogP contribution >= 0.6 is 11.6 Å². The number of nitrogens with zero attached hydrogens (tertiary/aromatic N) is 2. The van der Waals surface area contributed by atoms with Crippen molar-refractivity contribution in [2.24, 2.45) is 11.8 Å². The highest BCUT2D eigenvalue weighted by Crippen LogP contribution is 2.63. The predicted octanol–water partition coefficient (Wildman–Crippen LogP) is 3.35. The Labute approximate surface area is 217 Å². The first-order valence-corrected chi connectivity index (χ1v) is 13.1. The Morgan fingerprint density at radius 1 is 1.31 bits per heavy atom. The van der Waals surface area contributed by atoms with Crippen molar-refractivity contribution in [3.8, 4) is 0 Å². The molecule has 0 saturated carbocycles. The Bertz CT molecular complexity index is 1030. The summed E-state index contributed by atoms with van der Waals surface area (Å²) in [5, 5.41) is 9.60. The van der Waals surface area contributed by atoms with E-state index in [1.807, 2.05) is 6.92 Å². The highest BCUT2D eigenvalue weighted by Gasteiger charge is 2.78. The van der Waals surface area contributed by atoms with E-state index >= 15 is 0 Å². The molecule has 2 amide bonds. The number of amides is 2. The molecule has 1 spiro atoms. The summed E-state index contributed by atoms with van der Waals surface area (Å²) in [6.07, 6.45) is 4.60. The number of carbonyl (C=O) groups is 3. The van der Waals surface area contributed by atoms with Crippen LogP contribution < -0.4 is 4.90 Å². The summed E-state index contributed by atoms with van der Waals surface area (Å²) in [6, 6.07) is 6.14. The Balaban J connectivity index is 1.77. The van der Waals surface area contributed by atoms with Crippen molar-refractivity contribution < 1.29 is 29.0 Å². The molecule has 2 bridgehead atoms. The van der Waals surface area contributed by atoms with E-state index in [1.54, 1.807) is 47.1 Å². The molecule has 3 aliphatic heterocycles. The lowest BCUT2D eigenvalue weighted by Gasteiger charge is -2.37. The standard InChI is InChI=1S/C27H35ClN2O6/c1-4-15-29(19-12-8-7-11-18(19)28)24(33)22-27-14-13-26(3,36-27)21(25(34)35-5-2)20(27)23(32)30(22)16-9-6-10-17-31/h4,7-8,11-12,20-22,31H,1,5-6,9-10,13-17H2,2-3H3/t20-,21+,22?,26-,27?/m0/s1. The highest BCUT2D eigenvalue weighted by molar-refractivity contribution is 6.34. The first-order chi connectivity index (χ1) is 17.3. The van der Waals surface area contributed by atoms with Crippen molar-refractivity contribution in [1.82, 2.24) is 4.90 Å². The van der Waals surface area contributed by atoms with Crippen LogP contribution in [0.4, 0.5) is 5.69 Å². The van der Waals surface area contributed by atoms with Gasteiger partial charge in [0.2, 0.25) is 5.91 Å². The van der Waals surface area contributed by atoms with Crippen LogP contribution in [0.3, 0.4) is 0 Å². The second-order valence-electron chi connectivity index (χ2n) is 9.98. The van der Waals surface area contributed by atoms with E-state index in [0.29, 0.717) is 49.4 Å². The van der Waals surface area contributed by atoms with Crippen LogP contribution in [-0.4, -0.2) is 71.3 Å². The minimum absolute atomic E-state index is 0.0644. The monoisotopic (exact) mass is 518 g/mol. The minimum atomic E-state index is -1.13. The van der Waals surface area contributed by atoms with Crippen LogP contribution in [0.5, 0.6) is 0 Å². The van der Waals surface area contributed by atoms with E-state index in [9.17, 15) is 19.5 Å². The molecule has 3 aliphatic rings. The Hall–Kier alpha value is -2.42. The average Bonchev–Trinajstić information content (AvgIpc) is 3.41. The lowest BCUT2D eigenvalue weighted by Crippen LogP contribution is -2.56. The molecule has 0 aromatic heterocycles. The lowest BCUT2D eigenvalue weighted by atomic mass is 9.66. The molecule has 9 heteroatoms. The third-order valence-electron chi connectivity index (χ3n) is 7.83. The number of benzene rings is 1. The normalized spacial score (nSPS) is 30.4. The number of rotatable bonds is 11. The fourth-order valence-electron chi connectivity index (χ4n) is 6.36. The van der Waals surface area contributed by atoms with E-state index in [-0.39, 0.29) is 31.6 Å². The zero-order valence-corrected chi connectivity index (χ0v) is 21.7. The van der Waals surface area contributed by atoms with Gasteiger partial charge < -0.3 is 24.4 Å². The van der Waals surface area contributed by atoms with Crippen molar-refractivity contribution in [2.75, 3.05) is 31.2 Å². The predicted molar refractivity (Wildman–Crippen MR) is 136 cm³/mol. The fourth-order valence-corrected chi connectivity index (χ4v) is 6.60. The van der Waals surface area contributed by atoms with Crippen LogP contribution in [-0.2, 0) is 23.9 Å². The number of esters is 1. The van der Waals surface area contributed by atoms with Crippen LogP contribution in [0, 0.1) is 11.8 Å². The number of aliphatic hydroxyl groups excluding tert-OH is 1. The van der Waals surface area contributed by atoms with Crippen LogP contribution in [0.2, 0.25) is 5.02 Å². The van der Waals surface area contributed by atoms with Gasteiger partial charge in [0.05, 0.1) is 28.8 Å². The average molecular weight is 519 g/mol. The Morgan fingerprint density at radius 2 is 2.06 bits per heavy atom. The van der Waals surface area contributed by atoms with Gasteiger partial charge in [-0.05, 0) is 58.1 Å². The Morgan fingerprint density at radius 3 is 2.72 bits per heavy atom. The van der Waals surface area contributed by atoms with Gasteiger partial charge in [-0.2, -0.15) is 0 Å². The number of para-hydroxylation sites is 1. The van der Waals surface area contributed by atoms with E-state index in [2.05, 4.69) is 6.58 Å². The summed E-state index contributed by atoms with van der Waals surface area (Å²) in [4.78, 5) is 44.5. The molecule has 8 nitrogen and oxygen atoms in total. The smallest absolute Gasteiger partial charge is 0.312 e. The molecule has 2 unspecified atom stereocenters. The van der Waals surface area contributed by atoms with Crippen LogP contribution in [0.25, 0.3) is 0 Å². The second kappa shape index (κ2) is 10.5. The largest absolute Gasteiger partial charge is 0.466 e. The quantitative estimate of drug-likeness (QED) is 0.274. The van der Waals surface area contributed by atoms with Gasteiger partial charge in [-0.1, -0.05) is 29.8 Å². The third kappa shape index (κ3) is 4.23. The maximum Gasteiger partial charge on any atom is 0.312 e. The molecule has 1 N–H and O–H groups in total. The zero-order chi connectivity index (χ0) is 26.1. The number of halogens is 1. The van der Waals surface area contributed by atoms with Gasteiger partial charge in [0.1, 0.15) is 17.6 Å². The summed E-state index contributed by atoms with van der Waals surface area (Å²) < 4.78 is 12.0. The molecule has 3 fully saturated rings. The molecule has 3 heterocycles. The van der Waals surface area contributed by atoms with Gasteiger partial charge in [0.15, 0.2) is 0 Å². The lowest BCUT2D eigenvalue weighted by molar-refractivity contribution is -0.159.